The van der Waals surface area contributed by atoms with E-state index >= 15 is 0 Å². The summed E-state index contributed by atoms with van der Waals surface area (Å²) in [7, 11) is 6.13. The molecule has 216 valence electrons. The summed E-state index contributed by atoms with van der Waals surface area (Å²) >= 11 is 6.73. The first-order valence-electron chi connectivity index (χ1n) is 14.6. The molecule has 5 rings (SSSR count). The molecule has 2 fully saturated rings. The minimum absolute atomic E-state index is 0.0124. The third kappa shape index (κ3) is 5.40. The van der Waals surface area contributed by atoms with Crippen molar-refractivity contribution < 1.29 is 9.18 Å². The van der Waals surface area contributed by atoms with Crippen LogP contribution in [0.1, 0.15) is 56.5 Å². The van der Waals surface area contributed by atoms with Gasteiger partial charge in [0.2, 0.25) is 0 Å². The number of amides is 1. The first-order chi connectivity index (χ1) is 19.0. The number of fused-ring (bicyclic) bond motifs is 1. The van der Waals surface area contributed by atoms with Gasteiger partial charge in [-0.05, 0) is 88.7 Å². The first-order valence-corrected chi connectivity index (χ1v) is 14.9. The molecule has 1 atom stereocenters. The van der Waals surface area contributed by atoms with Crippen molar-refractivity contribution in [3.63, 3.8) is 0 Å². The molecule has 2 aliphatic rings. The van der Waals surface area contributed by atoms with E-state index in [0.29, 0.717) is 40.2 Å². The summed E-state index contributed by atoms with van der Waals surface area (Å²) in [5.74, 6) is 1.29. The Kier molecular flexibility index (Phi) is 8.29. The molecule has 0 bridgehead atoms. The van der Waals surface area contributed by atoms with Gasteiger partial charge in [0, 0.05) is 56.0 Å². The summed E-state index contributed by atoms with van der Waals surface area (Å²) in [6.45, 7) is 10.8. The number of carbonyl (C=O) groups is 1. The van der Waals surface area contributed by atoms with Gasteiger partial charge in [0.25, 0.3) is 5.91 Å². The average molecular weight is 568 g/mol. The standard InChI is InChI=1S/C32H43ClFN5O/c1-19(2)31(22-11-25(12-22)36(5)6)38-16-21(17-38)10-23-18-39(29-15-35-14-27(33)30(23)29)28-9-8-24(34)13-26(28)32(40)37(7)20(3)4/h8-9,13-15,18-22,25,31H,10-12,16-17H2,1-7H3. The van der Waals surface area contributed by atoms with E-state index in [4.69, 9.17) is 11.6 Å². The first kappa shape index (κ1) is 29.0. The highest BCUT2D eigenvalue weighted by molar-refractivity contribution is 6.35. The van der Waals surface area contributed by atoms with E-state index in [2.05, 4.69) is 48.9 Å². The number of rotatable bonds is 9. The lowest BCUT2D eigenvalue weighted by atomic mass is 9.70. The average Bonchev–Trinajstić information content (AvgIpc) is 3.21. The van der Waals surface area contributed by atoms with Crippen molar-refractivity contribution in [2.24, 2.45) is 17.8 Å². The summed E-state index contributed by atoms with van der Waals surface area (Å²) in [6.07, 6.45) is 9.02. The van der Waals surface area contributed by atoms with Gasteiger partial charge in [0.1, 0.15) is 5.82 Å². The van der Waals surface area contributed by atoms with E-state index in [1.54, 1.807) is 30.4 Å². The van der Waals surface area contributed by atoms with E-state index in [-0.39, 0.29) is 11.9 Å². The Morgan fingerprint density at radius 3 is 2.45 bits per heavy atom. The van der Waals surface area contributed by atoms with Gasteiger partial charge in [-0.2, -0.15) is 0 Å². The van der Waals surface area contributed by atoms with E-state index < -0.39 is 5.82 Å². The minimum atomic E-state index is -0.435. The third-order valence-electron chi connectivity index (χ3n) is 9.25. The minimum Gasteiger partial charge on any atom is -0.339 e. The topological polar surface area (TPSA) is 44.6 Å². The lowest BCUT2D eigenvalue weighted by molar-refractivity contribution is -0.0386. The van der Waals surface area contributed by atoms with Gasteiger partial charge in [0.15, 0.2) is 0 Å². The lowest BCUT2D eigenvalue weighted by Gasteiger charge is -2.53. The van der Waals surface area contributed by atoms with Crippen LogP contribution in [0.3, 0.4) is 0 Å². The van der Waals surface area contributed by atoms with Crippen molar-refractivity contribution in [1.82, 2.24) is 24.3 Å². The molecule has 0 radical (unpaired) electrons. The molecule has 0 N–H and O–H groups in total. The zero-order valence-electron chi connectivity index (χ0n) is 24.9. The number of pyridine rings is 1. The van der Waals surface area contributed by atoms with Gasteiger partial charge in [-0.25, -0.2) is 4.39 Å². The number of hydrogen-bond acceptors (Lipinski definition) is 4. The Bertz CT molecular complexity index is 1370. The summed E-state index contributed by atoms with van der Waals surface area (Å²) < 4.78 is 16.3. The second kappa shape index (κ2) is 11.4. The zero-order chi connectivity index (χ0) is 28.9. The summed E-state index contributed by atoms with van der Waals surface area (Å²) in [5, 5.41) is 1.56. The van der Waals surface area contributed by atoms with E-state index in [1.807, 2.05) is 18.4 Å². The maximum absolute atomic E-state index is 14.4. The Labute approximate surface area is 243 Å². The van der Waals surface area contributed by atoms with Crippen LogP contribution in [0, 0.1) is 23.6 Å². The van der Waals surface area contributed by atoms with Crippen molar-refractivity contribution in [1.29, 1.82) is 0 Å². The van der Waals surface area contributed by atoms with Gasteiger partial charge < -0.3 is 14.4 Å². The molecule has 0 spiro atoms. The molecular weight excluding hydrogens is 525 g/mol. The Balaban J connectivity index is 1.41. The highest BCUT2D eigenvalue weighted by Gasteiger charge is 2.43. The largest absolute Gasteiger partial charge is 0.339 e. The van der Waals surface area contributed by atoms with Crippen LogP contribution >= 0.6 is 11.6 Å². The summed E-state index contributed by atoms with van der Waals surface area (Å²) in [6, 6.07) is 5.75. The molecule has 1 aromatic carbocycles. The van der Waals surface area contributed by atoms with Gasteiger partial charge in [0.05, 0.1) is 28.0 Å². The van der Waals surface area contributed by atoms with Gasteiger partial charge >= 0.3 is 0 Å². The second-order valence-corrected chi connectivity index (χ2v) is 13.2. The van der Waals surface area contributed by atoms with Crippen molar-refractivity contribution in [2.45, 2.75) is 65.1 Å². The molecule has 1 saturated heterocycles. The molecule has 1 unspecified atom stereocenters. The van der Waals surface area contributed by atoms with Crippen molar-refractivity contribution in [3.05, 3.63) is 58.8 Å². The predicted molar refractivity (Wildman–Crippen MR) is 161 cm³/mol. The van der Waals surface area contributed by atoms with Crippen molar-refractivity contribution in [2.75, 3.05) is 34.2 Å². The second-order valence-electron chi connectivity index (χ2n) is 12.8. The number of nitrogens with zero attached hydrogens (tertiary/aromatic N) is 5. The van der Waals surface area contributed by atoms with Crippen LogP contribution in [-0.4, -0.2) is 82.5 Å². The molecule has 3 heterocycles. The van der Waals surface area contributed by atoms with Crippen LogP contribution in [0.25, 0.3) is 16.6 Å². The predicted octanol–water partition coefficient (Wildman–Crippen LogP) is 6.14. The Hall–Kier alpha value is -2.48. The molecule has 6 nitrogen and oxygen atoms in total. The number of aromatic nitrogens is 2. The van der Waals surface area contributed by atoms with Crippen LogP contribution in [0.4, 0.5) is 4.39 Å². The van der Waals surface area contributed by atoms with E-state index in [0.717, 1.165) is 41.9 Å². The molecule has 8 heteroatoms. The van der Waals surface area contributed by atoms with E-state index in [1.165, 1.54) is 25.0 Å². The molecule has 1 amide bonds. The van der Waals surface area contributed by atoms with Crippen LogP contribution in [0.5, 0.6) is 0 Å². The highest BCUT2D eigenvalue weighted by Crippen LogP contribution is 2.41. The van der Waals surface area contributed by atoms with Gasteiger partial charge in [-0.1, -0.05) is 25.4 Å². The summed E-state index contributed by atoms with van der Waals surface area (Å²) in [4.78, 5) is 24.4. The fourth-order valence-corrected chi connectivity index (χ4v) is 7.05. The molecule has 1 aliphatic heterocycles. The maximum atomic E-state index is 14.4. The van der Waals surface area contributed by atoms with Crippen LogP contribution < -0.4 is 0 Å². The molecule has 1 aliphatic carbocycles. The SMILES string of the molecule is CC(C)C(C1CC(N(C)C)C1)N1CC(Cc2cn(-c3ccc(F)cc3C(=O)N(C)C(C)C)c3cncc(Cl)c23)C1. The molecular formula is C32H43ClFN5O. The maximum Gasteiger partial charge on any atom is 0.256 e. The molecule has 1 saturated carbocycles. The van der Waals surface area contributed by atoms with Crippen molar-refractivity contribution >= 4 is 28.4 Å². The van der Waals surface area contributed by atoms with Crippen LogP contribution in [-0.2, 0) is 6.42 Å². The van der Waals surface area contributed by atoms with E-state index in [9.17, 15) is 9.18 Å². The molecule has 2 aromatic heterocycles. The highest BCUT2D eigenvalue weighted by atomic mass is 35.5. The summed E-state index contributed by atoms with van der Waals surface area (Å²) in [5.41, 5.74) is 2.93. The van der Waals surface area contributed by atoms with Gasteiger partial charge in [-0.3, -0.25) is 14.7 Å². The van der Waals surface area contributed by atoms with Gasteiger partial charge in [-0.15, -0.1) is 0 Å². The smallest absolute Gasteiger partial charge is 0.256 e. The lowest BCUT2D eigenvalue weighted by Crippen LogP contribution is -2.60. The third-order valence-corrected chi connectivity index (χ3v) is 9.54. The number of benzene rings is 1. The fraction of sp³-hybridized carbons (Fsp3) is 0.562. The Morgan fingerprint density at radius 1 is 1.12 bits per heavy atom. The number of halogens is 2. The number of carbonyl (C=O) groups excluding carboxylic acids is 1. The van der Waals surface area contributed by atoms with Crippen LogP contribution in [0.2, 0.25) is 5.02 Å². The van der Waals surface area contributed by atoms with Crippen molar-refractivity contribution in [3.8, 4) is 5.69 Å². The number of likely N-dealkylation sites (tertiary alicyclic amines) is 1. The Morgan fingerprint density at radius 2 is 1.82 bits per heavy atom. The normalized spacial score (nSPS) is 20.8. The van der Waals surface area contributed by atoms with Crippen LogP contribution in [0.15, 0.2) is 36.8 Å². The number of hydrogen-bond donors (Lipinski definition) is 0. The zero-order valence-corrected chi connectivity index (χ0v) is 25.6. The monoisotopic (exact) mass is 567 g/mol. The quantitative estimate of drug-likeness (QED) is 0.312. The molecule has 3 aromatic rings. The fourth-order valence-electron chi connectivity index (χ4n) is 6.77. The molecule has 40 heavy (non-hydrogen) atoms.